The Bertz CT molecular complexity index is 163. The van der Waals surface area contributed by atoms with Crippen molar-refractivity contribution in [3.63, 3.8) is 0 Å². The second-order valence-corrected chi connectivity index (χ2v) is 4.07. The lowest BCUT2D eigenvalue weighted by atomic mass is 10.1. The van der Waals surface area contributed by atoms with Crippen LogP contribution >= 0.6 is 0 Å². The minimum Gasteiger partial charge on any atom is -0.379 e. The van der Waals surface area contributed by atoms with E-state index >= 15 is 0 Å². The van der Waals surface area contributed by atoms with E-state index in [-0.39, 0.29) is 6.04 Å². The van der Waals surface area contributed by atoms with Gasteiger partial charge in [-0.1, -0.05) is 13.8 Å². The van der Waals surface area contributed by atoms with Crippen LogP contribution < -0.4 is 5.32 Å². The van der Waals surface area contributed by atoms with Gasteiger partial charge in [-0.15, -0.1) is 0 Å². The molecule has 4 nitrogen and oxygen atoms in total. The van der Waals surface area contributed by atoms with Gasteiger partial charge >= 0.3 is 0 Å². The first-order valence-electron chi connectivity index (χ1n) is 5.51. The second kappa shape index (κ2) is 8.83. The average Bonchev–Trinajstić information content (AvgIpc) is 2.18. The van der Waals surface area contributed by atoms with E-state index in [0.29, 0.717) is 12.5 Å². The van der Waals surface area contributed by atoms with Crippen molar-refractivity contribution in [2.24, 2.45) is 5.92 Å². The van der Waals surface area contributed by atoms with Gasteiger partial charge in [-0.05, 0) is 20.0 Å². The highest BCUT2D eigenvalue weighted by molar-refractivity contribution is 5.57. The average molecular weight is 216 g/mol. The van der Waals surface area contributed by atoms with Crippen LogP contribution in [0.5, 0.6) is 0 Å². The fourth-order valence-electron chi connectivity index (χ4n) is 1.40. The number of hydrogen-bond acceptors (Lipinski definition) is 4. The summed E-state index contributed by atoms with van der Waals surface area (Å²) in [5, 5.41) is 3.01. The standard InChI is InChI=1S/C11H24N2O2/c1-10(2)11(9-14)13(4)6-8-15-7-5-12-3/h9-12H,5-8H2,1-4H3. The van der Waals surface area contributed by atoms with Crippen LogP contribution in [0.15, 0.2) is 0 Å². The van der Waals surface area contributed by atoms with Crippen molar-refractivity contribution in [2.45, 2.75) is 19.9 Å². The minimum absolute atomic E-state index is 0.00194. The quantitative estimate of drug-likeness (QED) is 0.447. The van der Waals surface area contributed by atoms with Crippen LogP contribution in [0.3, 0.4) is 0 Å². The summed E-state index contributed by atoms with van der Waals surface area (Å²) in [6.45, 7) is 7.16. The highest BCUT2D eigenvalue weighted by Crippen LogP contribution is 2.05. The molecule has 1 atom stereocenters. The summed E-state index contributed by atoms with van der Waals surface area (Å²) in [5.74, 6) is 0.352. The lowest BCUT2D eigenvalue weighted by Crippen LogP contribution is -2.39. The summed E-state index contributed by atoms with van der Waals surface area (Å²) in [5.41, 5.74) is 0. The smallest absolute Gasteiger partial charge is 0.137 e. The van der Waals surface area contributed by atoms with Gasteiger partial charge in [0.05, 0.1) is 19.3 Å². The van der Waals surface area contributed by atoms with Crippen LogP contribution in [-0.2, 0) is 9.53 Å². The van der Waals surface area contributed by atoms with Crippen LogP contribution in [0, 0.1) is 5.92 Å². The highest BCUT2D eigenvalue weighted by Gasteiger charge is 2.16. The molecular weight excluding hydrogens is 192 g/mol. The first kappa shape index (κ1) is 14.6. The normalized spacial score (nSPS) is 13.5. The number of rotatable bonds is 9. The number of nitrogens with one attached hydrogen (secondary N) is 1. The molecule has 15 heavy (non-hydrogen) atoms. The van der Waals surface area contributed by atoms with Gasteiger partial charge in [0.15, 0.2) is 0 Å². The molecule has 0 aliphatic heterocycles. The Kier molecular flexibility index (Phi) is 8.56. The molecule has 0 aromatic heterocycles. The molecule has 0 spiro atoms. The zero-order valence-corrected chi connectivity index (χ0v) is 10.3. The van der Waals surface area contributed by atoms with Crippen molar-refractivity contribution in [3.05, 3.63) is 0 Å². The van der Waals surface area contributed by atoms with Gasteiger partial charge in [-0.3, -0.25) is 4.90 Å². The number of aldehydes is 1. The molecule has 0 aliphatic carbocycles. The van der Waals surface area contributed by atoms with Gasteiger partial charge in [-0.25, -0.2) is 0 Å². The highest BCUT2D eigenvalue weighted by atomic mass is 16.5. The van der Waals surface area contributed by atoms with E-state index < -0.39 is 0 Å². The summed E-state index contributed by atoms with van der Waals surface area (Å²) in [4.78, 5) is 12.9. The molecule has 0 fully saturated rings. The van der Waals surface area contributed by atoms with E-state index in [9.17, 15) is 4.79 Å². The first-order valence-corrected chi connectivity index (χ1v) is 5.51. The maximum atomic E-state index is 10.8. The van der Waals surface area contributed by atoms with Crippen molar-refractivity contribution < 1.29 is 9.53 Å². The lowest BCUT2D eigenvalue weighted by molar-refractivity contribution is -0.113. The third kappa shape index (κ3) is 6.60. The number of carbonyl (C=O) groups is 1. The molecule has 1 unspecified atom stereocenters. The van der Waals surface area contributed by atoms with Gasteiger partial charge in [0.2, 0.25) is 0 Å². The summed E-state index contributed by atoms with van der Waals surface area (Å²) in [6.07, 6.45) is 1.01. The molecule has 90 valence electrons. The Morgan fingerprint density at radius 3 is 2.53 bits per heavy atom. The van der Waals surface area contributed by atoms with E-state index in [1.165, 1.54) is 0 Å². The molecule has 0 aromatic carbocycles. The molecule has 0 bridgehead atoms. The van der Waals surface area contributed by atoms with E-state index in [0.717, 1.165) is 26.0 Å². The third-order valence-electron chi connectivity index (χ3n) is 2.42. The number of carbonyl (C=O) groups excluding carboxylic acids is 1. The van der Waals surface area contributed by atoms with Crippen molar-refractivity contribution >= 4 is 6.29 Å². The number of ether oxygens (including phenoxy) is 1. The molecule has 0 heterocycles. The van der Waals surface area contributed by atoms with Gasteiger partial charge in [0.25, 0.3) is 0 Å². The van der Waals surface area contributed by atoms with Gasteiger partial charge in [0.1, 0.15) is 6.29 Å². The fourth-order valence-corrected chi connectivity index (χ4v) is 1.40. The molecule has 0 amide bonds. The predicted octanol–water partition coefficient (Wildman–Crippen LogP) is 0.378. The van der Waals surface area contributed by atoms with Crippen LogP contribution in [0.2, 0.25) is 0 Å². The molecule has 0 aromatic rings. The molecule has 0 saturated carbocycles. The van der Waals surface area contributed by atoms with Gasteiger partial charge in [-0.2, -0.15) is 0 Å². The molecule has 1 N–H and O–H groups in total. The summed E-state index contributed by atoms with van der Waals surface area (Å²) < 4.78 is 5.40. The van der Waals surface area contributed by atoms with Crippen molar-refractivity contribution in [1.29, 1.82) is 0 Å². The summed E-state index contributed by atoms with van der Waals surface area (Å²) >= 11 is 0. The van der Waals surface area contributed by atoms with Crippen LogP contribution in [0.4, 0.5) is 0 Å². The number of likely N-dealkylation sites (N-methyl/N-ethyl adjacent to an activating group) is 2. The van der Waals surface area contributed by atoms with E-state index in [1.54, 1.807) is 0 Å². The fraction of sp³-hybridized carbons (Fsp3) is 0.909. The molecular formula is C11H24N2O2. The van der Waals surface area contributed by atoms with E-state index in [4.69, 9.17) is 4.74 Å². The maximum absolute atomic E-state index is 10.8. The Morgan fingerprint density at radius 1 is 1.40 bits per heavy atom. The minimum atomic E-state index is -0.00194. The Morgan fingerprint density at radius 2 is 2.07 bits per heavy atom. The molecule has 0 radical (unpaired) electrons. The number of nitrogens with zero attached hydrogens (tertiary/aromatic N) is 1. The van der Waals surface area contributed by atoms with E-state index in [1.807, 2.05) is 19.0 Å². The van der Waals surface area contributed by atoms with Gasteiger partial charge in [0, 0.05) is 13.1 Å². The number of hydrogen-bond donors (Lipinski definition) is 1. The second-order valence-electron chi connectivity index (χ2n) is 4.07. The SMILES string of the molecule is CNCCOCCN(C)C(C=O)C(C)C. The topological polar surface area (TPSA) is 41.6 Å². The van der Waals surface area contributed by atoms with Gasteiger partial charge < -0.3 is 14.8 Å². The Hall–Kier alpha value is -0.450. The van der Waals surface area contributed by atoms with Crippen LogP contribution in [0.25, 0.3) is 0 Å². The molecule has 0 rings (SSSR count). The summed E-state index contributed by atoms with van der Waals surface area (Å²) in [6, 6.07) is -0.00194. The van der Waals surface area contributed by atoms with Crippen molar-refractivity contribution in [1.82, 2.24) is 10.2 Å². The van der Waals surface area contributed by atoms with Crippen LogP contribution in [-0.4, -0.2) is 57.6 Å². The summed E-state index contributed by atoms with van der Waals surface area (Å²) in [7, 11) is 3.86. The van der Waals surface area contributed by atoms with Crippen molar-refractivity contribution in [2.75, 3.05) is 40.4 Å². The van der Waals surface area contributed by atoms with E-state index in [2.05, 4.69) is 19.2 Å². The van der Waals surface area contributed by atoms with Crippen molar-refractivity contribution in [3.8, 4) is 0 Å². The molecule has 0 aliphatic rings. The van der Waals surface area contributed by atoms with Crippen LogP contribution in [0.1, 0.15) is 13.8 Å². The molecule has 4 heteroatoms. The zero-order valence-electron chi connectivity index (χ0n) is 10.3. The maximum Gasteiger partial charge on any atom is 0.137 e. The largest absolute Gasteiger partial charge is 0.379 e. The first-order chi connectivity index (χ1) is 7.13. The predicted molar refractivity (Wildman–Crippen MR) is 62.1 cm³/mol. The Balaban J connectivity index is 3.62. The lowest BCUT2D eigenvalue weighted by Gasteiger charge is -2.26. The molecule has 0 saturated heterocycles. The third-order valence-corrected chi connectivity index (χ3v) is 2.42. The Labute approximate surface area is 93.0 Å². The monoisotopic (exact) mass is 216 g/mol. The zero-order chi connectivity index (χ0) is 11.7.